The second kappa shape index (κ2) is 7.81. The van der Waals surface area contributed by atoms with Crippen LogP contribution in [0.15, 0.2) is 41.7 Å². The highest BCUT2D eigenvalue weighted by Crippen LogP contribution is 2.28. The number of aromatic nitrogens is 2. The Morgan fingerprint density at radius 2 is 2.18 bits per heavy atom. The number of aliphatic hydroxyl groups excluding tert-OH is 1. The van der Waals surface area contributed by atoms with E-state index in [1.54, 1.807) is 11.8 Å². The fraction of sp³-hybridized carbons (Fsp3) is 0.471. The minimum absolute atomic E-state index is 0.227. The predicted octanol–water partition coefficient (Wildman–Crippen LogP) is 3.20. The molecule has 1 atom stereocenters. The van der Waals surface area contributed by atoms with Crippen LogP contribution in [0.4, 0.5) is 0 Å². The summed E-state index contributed by atoms with van der Waals surface area (Å²) in [4.78, 5) is 4.60. The van der Waals surface area contributed by atoms with Gasteiger partial charge in [0, 0.05) is 19.0 Å². The number of thioether (sulfide) groups is 1. The van der Waals surface area contributed by atoms with E-state index >= 15 is 0 Å². The van der Waals surface area contributed by atoms with Crippen LogP contribution in [-0.4, -0.2) is 39.7 Å². The van der Waals surface area contributed by atoms with Gasteiger partial charge in [0.1, 0.15) is 0 Å². The molecule has 2 aromatic rings. The highest BCUT2D eigenvalue weighted by Gasteiger charge is 2.20. The van der Waals surface area contributed by atoms with Crippen LogP contribution in [-0.2, 0) is 11.3 Å². The molecule has 1 aliphatic rings. The zero-order valence-electron chi connectivity index (χ0n) is 12.6. The monoisotopic (exact) mass is 318 g/mol. The van der Waals surface area contributed by atoms with E-state index in [0.29, 0.717) is 0 Å². The molecule has 0 aliphatic carbocycles. The molecule has 0 amide bonds. The number of hydrogen-bond donors (Lipinski definition) is 1. The van der Waals surface area contributed by atoms with E-state index in [0.717, 1.165) is 49.0 Å². The Kier molecular flexibility index (Phi) is 5.53. The van der Waals surface area contributed by atoms with Gasteiger partial charge in [0.2, 0.25) is 0 Å². The van der Waals surface area contributed by atoms with Crippen molar-refractivity contribution in [2.24, 2.45) is 0 Å². The molecule has 5 heteroatoms. The average molecular weight is 318 g/mol. The van der Waals surface area contributed by atoms with E-state index in [2.05, 4.69) is 33.8 Å². The first-order valence-electron chi connectivity index (χ1n) is 7.84. The van der Waals surface area contributed by atoms with Gasteiger partial charge in [-0.3, -0.25) is 0 Å². The molecule has 0 spiro atoms. The number of rotatable bonds is 7. The lowest BCUT2D eigenvalue weighted by atomic mass is 10.1. The van der Waals surface area contributed by atoms with Gasteiger partial charge in [0.15, 0.2) is 5.16 Å². The molecule has 1 saturated heterocycles. The Morgan fingerprint density at radius 1 is 1.32 bits per heavy atom. The molecule has 1 aromatic heterocycles. The molecule has 1 aliphatic heterocycles. The number of hydrogen-bond acceptors (Lipinski definition) is 4. The zero-order valence-corrected chi connectivity index (χ0v) is 13.5. The van der Waals surface area contributed by atoms with Crippen molar-refractivity contribution in [1.82, 2.24) is 9.55 Å². The maximum Gasteiger partial charge on any atom is 0.168 e. The number of benzene rings is 1. The normalized spacial score (nSPS) is 18.0. The van der Waals surface area contributed by atoms with Gasteiger partial charge < -0.3 is 14.4 Å². The van der Waals surface area contributed by atoms with Crippen molar-refractivity contribution >= 4 is 11.8 Å². The first-order valence-corrected chi connectivity index (χ1v) is 8.83. The van der Waals surface area contributed by atoms with E-state index < -0.39 is 0 Å². The predicted molar refractivity (Wildman–Crippen MR) is 89.1 cm³/mol. The maximum absolute atomic E-state index is 8.97. The summed E-state index contributed by atoms with van der Waals surface area (Å²) in [6.45, 7) is 1.95. The second-order valence-corrected chi connectivity index (χ2v) is 6.53. The zero-order chi connectivity index (χ0) is 15.2. The van der Waals surface area contributed by atoms with Crippen molar-refractivity contribution in [3.8, 4) is 11.3 Å². The van der Waals surface area contributed by atoms with Gasteiger partial charge in [-0.2, -0.15) is 0 Å². The van der Waals surface area contributed by atoms with Crippen LogP contribution in [0.3, 0.4) is 0 Å². The van der Waals surface area contributed by atoms with Crippen LogP contribution in [0, 0.1) is 0 Å². The molecular formula is C17H22N2O2S. The lowest BCUT2D eigenvalue weighted by Crippen LogP contribution is -2.16. The van der Waals surface area contributed by atoms with Gasteiger partial charge in [0.25, 0.3) is 0 Å². The van der Waals surface area contributed by atoms with Gasteiger partial charge in [-0.1, -0.05) is 42.1 Å². The lowest BCUT2D eigenvalue weighted by Gasteiger charge is -2.16. The van der Waals surface area contributed by atoms with Gasteiger partial charge in [-0.15, -0.1) is 0 Å². The Morgan fingerprint density at radius 3 is 2.91 bits per heavy atom. The molecule has 2 heterocycles. The highest BCUT2D eigenvalue weighted by atomic mass is 32.2. The Labute approximate surface area is 135 Å². The van der Waals surface area contributed by atoms with Crippen LogP contribution in [0.25, 0.3) is 11.3 Å². The van der Waals surface area contributed by atoms with Crippen molar-refractivity contribution in [3.63, 3.8) is 0 Å². The highest BCUT2D eigenvalue weighted by molar-refractivity contribution is 7.99. The molecule has 1 aromatic carbocycles. The number of aliphatic hydroxyl groups is 1. The van der Waals surface area contributed by atoms with Crippen LogP contribution >= 0.6 is 11.8 Å². The standard InChI is InChI=1S/C17H22N2O2S/c20-9-5-11-22-17-18-12-16(14-6-2-1-3-7-14)19(17)13-15-8-4-10-21-15/h1-3,6-7,12,15,20H,4-5,8-11,13H2. The van der Waals surface area contributed by atoms with Crippen molar-refractivity contribution in [1.29, 1.82) is 0 Å². The fourth-order valence-electron chi connectivity index (χ4n) is 2.71. The molecule has 0 bridgehead atoms. The first kappa shape index (κ1) is 15.6. The summed E-state index contributed by atoms with van der Waals surface area (Å²) in [6.07, 6.45) is 5.29. The van der Waals surface area contributed by atoms with Crippen molar-refractivity contribution in [2.45, 2.75) is 37.1 Å². The topological polar surface area (TPSA) is 47.3 Å². The number of ether oxygens (including phenoxy) is 1. The largest absolute Gasteiger partial charge is 0.396 e. The van der Waals surface area contributed by atoms with E-state index in [4.69, 9.17) is 9.84 Å². The third-order valence-electron chi connectivity index (χ3n) is 3.83. The quantitative estimate of drug-likeness (QED) is 0.629. The summed E-state index contributed by atoms with van der Waals surface area (Å²) >= 11 is 1.71. The summed E-state index contributed by atoms with van der Waals surface area (Å²) < 4.78 is 8.07. The first-order chi connectivity index (χ1) is 10.9. The summed E-state index contributed by atoms with van der Waals surface area (Å²) in [7, 11) is 0. The minimum atomic E-state index is 0.227. The van der Waals surface area contributed by atoms with Gasteiger partial charge in [-0.05, 0) is 24.8 Å². The average Bonchev–Trinajstić information content (AvgIpc) is 3.20. The van der Waals surface area contributed by atoms with E-state index in [1.165, 1.54) is 5.56 Å². The summed E-state index contributed by atoms with van der Waals surface area (Å²) in [5.74, 6) is 0.882. The lowest BCUT2D eigenvalue weighted by molar-refractivity contribution is 0.0954. The Balaban J connectivity index is 1.84. The molecule has 22 heavy (non-hydrogen) atoms. The van der Waals surface area contributed by atoms with Crippen LogP contribution in [0.1, 0.15) is 19.3 Å². The second-order valence-electron chi connectivity index (χ2n) is 5.46. The minimum Gasteiger partial charge on any atom is -0.396 e. The van der Waals surface area contributed by atoms with E-state index in [9.17, 15) is 0 Å². The Hall–Kier alpha value is -1.30. The third-order valence-corrected chi connectivity index (χ3v) is 4.91. The van der Waals surface area contributed by atoms with Crippen LogP contribution in [0.2, 0.25) is 0 Å². The molecule has 1 N–H and O–H groups in total. The van der Waals surface area contributed by atoms with Crippen LogP contribution < -0.4 is 0 Å². The van der Waals surface area contributed by atoms with E-state index in [1.807, 2.05) is 12.3 Å². The van der Waals surface area contributed by atoms with Crippen molar-refractivity contribution in [3.05, 3.63) is 36.5 Å². The fourth-order valence-corrected chi connectivity index (χ4v) is 3.62. The SMILES string of the molecule is OCCCSc1ncc(-c2ccccc2)n1CC1CCCO1. The molecule has 1 fully saturated rings. The van der Waals surface area contributed by atoms with E-state index in [-0.39, 0.29) is 12.7 Å². The van der Waals surface area contributed by atoms with Crippen molar-refractivity contribution < 1.29 is 9.84 Å². The summed E-state index contributed by atoms with van der Waals surface area (Å²) in [5, 5.41) is 9.98. The molecule has 3 rings (SSSR count). The van der Waals surface area contributed by atoms with Gasteiger partial charge in [0.05, 0.1) is 24.5 Å². The molecule has 118 valence electrons. The number of imidazole rings is 1. The summed E-state index contributed by atoms with van der Waals surface area (Å²) in [6, 6.07) is 10.4. The third kappa shape index (κ3) is 3.72. The smallest absolute Gasteiger partial charge is 0.168 e. The Bertz CT molecular complexity index is 580. The number of nitrogens with zero attached hydrogens (tertiary/aromatic N) is 2. The molecule has 0 radical (unpaired) electrons. The molecular weight excluding hydrogens is 296 g/mol. The van der Waals surface area contributed by atoms with Gasteiger partial charge in [-0.25, -0.2) is 4.98 Å². The molecule has 1 unspecified atom stereocenters. The van der Waals surface area contributed by atoms with Gasteiger partial charge >= 0.3 is 0 Å². The molecule has 0 saturated carbocycles. The molecule has 4 nitrogen and oxygen atoms in total. The maximum atomic E-state index is 8.97. The van der Waals surface area contributed by atoms with Crippen molar-refractivity contribution in [2.75, 3.05) is 19.0 Å². The summed E-state index contributed by atoms with van der Waals surface area (Å²) in [5.41, 5.74) is 2.32. The van der Waals surface area contributed by atoms with Crippen LogP contribution in [0.5, 0.6) is 0 Å².